The molecule has 0 saturated heterocycles. The molecule has 1 amide bonds. The number of carbonyl (C=O) groups excluding carboxylic acids is 1. The van der Waals surface area contributed by atoms with Gasteiger partial charge in [0.15, 0.2) is 0 Å². The average molecular weight is 305 g/mol. The zero-order chi connectivity index (χ0) is 15.7. The van der Waals surface area contributed by atoms with Crippen molar-refractivity contribution < 1.29 is 14.7 Å². The molecule has 4 nitrogen and oxygen atoms in total. The monoisotopic (exact) mass is 305 g/mol. The van der Waals surface area contributed by atoms with Gasteiger partial charge in [0, 0.05) is 4.91 Å². The van der Waals surface area contributed by atoms with Crippen molar-refractivity contribution in [1.82, 2.24) is 4.90 Å². The number of allylic oxidation sites excluding steroid dienone is 1. The topological polar surface area (TPSA) is 57.6 Å². The van der Waals surface area contributed by atoms with E-state index in [0.717, 1.165) is 16.0 Å². The maximum atomic E-state index is 12.2. The first kappa shape index (κ1) is 15.6. The molecule has 0 radical (unpaired) electrons. The van der Waals surface area contributed by atoms with Crippen molar-refractivity contribution in [2.75, 3.05) is 5.75 Å². The summed E-state index contributed by atoms with van der Waals surface area (Å²) in [5, 5.41) is 9.28. The van der Waals surface area contributed by atoms with Crippen molar-refractivity contribution in [3.63, 3.8) is 0 Å². The number of carbonyl (C=O) groups is 2. The molecule has 0 fully saturated rings. The third kappa shape index (κ3) is 2.97. The molecule has 0 aromatic heterocycles. The molecule has 1 aliphatic rings. The van der Waals surface area contributed by atoms with Gasteiger partial charge in [-0.05, 0) is 50.5 Å². The van der Waals surface area contributed by atoms with E-state index in [1.807, 2.05) is 39.0 Å². The normalized spacial score (nSPS) is 17.1. The van der Waals surface area contributed by atoms with Crippen molar-refractivity contribution in [3.8, 4) is 0 Å². The van der Waals surface area contributed by atoms with E-state index in [4.69, 9.17) is 0 Å². The number of nitrogens with zero attached hydrogens (tertiary/aromatic N) is 1. The first-order valence-electron chi connectivity index (χ1n) is 6.79. The minimum atomic E-state index is -0.996. The van der Waals surface area contributed by atoms with Crippen molar-refractivity contribution in [2.24, 2.45) is 0 Å². The SMILES string of the molecule is CC1=C(c2ccc(C)c(C)c2)N(C(C)C(=O)O)C(=O)CS1. The highest BCUT2D eigenvalue weighted by Gasteiger charge is 2.33. The molecule has 1 aliphatic heterocycles. The Bertz CT molecular complexity index is 636. The number of rotatable bonds is 3. The van der Waals surface area contributed by atoms with Gasteiger partial charge < -0.3 is 5.11 Å². The number of hydrogen-bond acceptors (Lipinski definition) is 3. The van der Waals surface area contributed by atoms with Gasteiger partial charge in [-0.15, -0.1) is 11.8 Å². The zero-order valence-electron chi connectivity index (χ0n) is 12.6. The molecule has 0 aliphatic carbocycles. The lowest BCUT2D eigenvalue weighted by atomic mass is 10.0. The highest BCUT2D eigenvalue weighted by Crippen LogP contribution is 2.36. The number of carboxylic acid groups (broad SMARTS) is 1. The minimum absolute atomic E-state index is 0.159. The molecule has 1 N–H and O–H groups in total. The van der Waals surface area contributed by atoms with Gasteiger partial charge in [0.25, 0.3) is 0 Å². The average Bonchev–Trinajstić information content (AvgIpc) is 2.43. The van der Waals surface area contributed by atoms with E-state index in [0.29, 0.717) is 5.70 Å². The van der Waals surface area contributed by atoms with Gasteiger partial charge in [-0.3, -0.25) is 9.69 Å². The van der Waals surface area contributed by atoms with Gasteiger partial charge in [0.05, 0.1) is 11.4 Å². The summed E-state index contributed by atoms with van der Waals surface area (Å²) in [6.07, 6.45) is 0. The van der Waals surface area contributed by atoms with Crippen LogP contribution in [0.2, 0.25) is 0 Å². The zero-order valence-corrected chi connectivity index (χ0v) is 13.5. The Balaban J connectivity index is 2.56. The lowest BCUT2D eigenvalue weighted by molar-refractivity contribution is -0.145. The lowest BCUT2D eigenvalue weighted by Gasteiger charge is -2.34. The second-order valence-corrected chi connectivity index (χ2v) is 6.46. The summed E-state index contributed by atoms with van der Waals surface area (Å²) in [6, 6.07) is 5.08. The van der Waals surface area contributed by atoms with Crippen LogP contribution in [0.25, 0.3) is 5.70 Å². The van der Waals surface area contributed by atoms with Crippen molar-refractivity contribution in [3.05, 3.63) is 39.8 Å². The van der Waals surface area contributed by atoms with Gasteiger partial charge in [0.2, 0.25) is 5.91 Å². The molecule has 1 aromatic rings. The van der Waals surface area contributed by atoms with Crippen LogP contribution in [0.15, 0.2) is 23.1 Å². The second kappa shape index (κ2) is 5.93. The van der Waals surface area contributed by atoms with Crippen LogP contribution in [-0.2, 0) is 9.59 Å². The summed E-state index contributed by atoms with van der Waals surface area (Å²) in [6.45, 7) is 7.52. The highest BCUT2D eigenvalue weighted by molar-refractivity contribution is 8.03. The molecule has 112 valence electrons. The standard InChI is InChI=1S/C16H19NO3S/c1-9-5-6-13(7-10(9)2)15-12(4)21-8-14(18)17(15)11(3)16(19)20/h5-7,11H,8H2,1-4H3,(H,19,20). The molecule has 0 saturated carbocycles. The van der Waals surface area contributed by atoms with Crippen LogP contribution in [0, 0.1) is 13.8 Å². The van der Waals surface area contributed by atoms with Crippen molar-refractivity contribution in [1.29, 1.82) is 0 Å². The van der Waals surface area contributed by atoms with E-state index in [1.165, 1.54) is 22.2 Å². The fourth-order valence-corrected chi connectivity index (χ4v) is 3.19. The summed E-state index contributed by atoms with van der Waals surface area (Å²) in [4.78, 5) is 25.9. The summed E-state index contributed by atoms with van der Waals surface area (Å²) >= 11 is 1.47. The quantitative estimate of drug-likeness (QED) is 0.932. The van der Waals surface area contributed by atoms with Crippen LogP contribution < -0.4 is 0 Å². The molecule has 5 heteroatoms. The number of aryl methyl sites for hydroxylation is 2. The van der Waals surface area contributed by atoms with Gasteiger partial charge in [-0.25, -0.2) is 4.79 Å². The van der Waals surface area contributed by atoms with E-state index in [-0.39, 0.29) is 11.7 Å². The third-order valence-electron chi connectivity index (χ3n) is 3.78. The summed E-state index contributed by atoms with van der Waals surface area (Å²) in [5.41, 5.74) is 3.90. The Kier molecular flexibility index (Phi) is 4.42. The van der Waals surface area contributed by atoms with E-state index < -0.39 is 12.0 Å². The van der Waals surface area contributed by atoms with Crippen LogP contribution in [0.5, 0.6) is 0 Å². The molecular formula is C16H19NO3S. The number of benzene rings is 1. The van der Waals surface area contributed by atoms with E-state index in [9.17, 15) is 14.7 Å². The predicted molar refractivity (Wildman–Crippen MR) is 84.9 cm³/mol. The van der Waals surface area contributed by atoms with Gasteiger partial charge in [-0.1, -0.05) is 12.1 Å². The summed E-state index contributed by atoms with van der Waals surface area (Å²) in [7, 11) is 0. The Morgan fingerprint density at radius 3 is 2.52 bits per heavy atom. The van der Waals surface area contributed by atoms with E-state index in [2.05, 4.69) is 0 Å². The van der Waals surface area contributed by atoms with Crippen molar-refractivity contribution >= 4 is 29.3 Å². The first-order chi connectivity index (χ1) is 9.82. The Morgan fingerprint density at radius 2 is 1.95 bits per heavy atom. The Hall–Kier alpha value is -1.75. The Morgan fingerprint density at radius 1 is 1.29 bits per heavy atom. The molecule has 2 rings (SSSR count). The molecular weight excluding hydrogens is 286 g/mol. The molecule has 1 heterocycles. The lowest BCUT2D eigenvalue weighted by Crippen LogP contribution is -2.44. The summed E-state index contributed by atoms with van der Waals surface area (Å²) in [5.74, 6) is -0.865. The smallest absolute Gasteiger partial charge is 0.326 e. The Labute approximate surface area is 128 Å². The number of carboxylic acids is 1. The largest absolute Gasteiger partial charge is 0.480 e. The van der Waals surface area contributed by atoms with Gasteiger partial charge >= 0.3 is 5.97 Å². The number of amides is 1. The van der Waals surface area contributed by atoms with E-state index in [1.54, 1.807) is 6.92 Å². The number of thioether (sulfide) groups is 1. The van der Waals surface area contributed by atoms with Crippen LogP contribution in [0.3, 0.4) is 0 Å². The molecule has 1 unspecified atom stereocenters. The molecule has 0 bridgehead atoms. The number of aliphatic carboxylic acids is 1. The van der Waals surface area contributed by atoms with Gasteiger partial charge in [-0.2, -0.15) is 0 Å². The molecule has 0 spiro atoms. The third-order valence-corrected chi connectivity index (χ3v) is 4.80. The van der Waals surface area contributed by atoms with Crippen molar-refractivity contribution in [2.45, 2.75) is 33.7 Å². The predicted octanol–water partition coefficient (Wildman–Crippen LogP) is 3.04. The molecule has 1 aromatic carbocycles. The highest BCUT2D eigenvalue weighted by atomic mass is 32.2. The van der Waals surface area contributed by atoms with Gasteiger partial charge in [0.1, 0.15) is 6.04 Å². The van der Waals surface area contributed by atoms with E-state index >= 15 is 0 Å². The fraction of sp³-hybridized carbons (Fsp3) is 0.375. The number of hydrogen-bond donors (Lipinski definition) is 1. The minimum Gasteiger partial charge on any atom is -0.480 e. The van der Waals surface area contributed by atoms with Crippen LogP contribution >= 0.6 is 11.8 Å². The van der Waals surface area contributed by atoms with Crippen LogP contribution in [-0.4, -0.2) is 33.7 Å². The molecule has 21 heavy (non-hydrogen) atoms. The first-order valence-corrected chi connectivity index (χ1v) is 7.77. The molecule has 1 atom stereocenters. The fourth-order valence-electron chi connectivity index (χ4n) is 2.35. The summed E-state index contributed by atoms with van der Waals surface area (Å²) < 4.78 is 0. The van der Waals surface area contributed by atoms with Crippen LogP contribution in [0.1, 0.15) is 30.5 Å². The van der Waals surface area contributed by atoms with Crippen LogP contribution in [0.4, 0.5) is 0 Å². The maximum Gasteiger partial charge on any atom is 0.326 e. The maximum absolute atomic E-state index is 12.2. The second-order valence-electron chi connectivity index (χ2n) is 5.27.